The van der Waals surface area contributed by atoms with Crippen molar-refractivity contribution in [2.24, 2.45) is 0 Å². The molecule has 1 fully saturated rings. The van der Waals surface area contributed by atoms with E-state index in [1.807, 2.05) is 25.1 Å². The normalized spacial score (nSPS) is 14.8. The Morgan fingerprint density at radius 1 is 1.13 bits per heavy atom. The summed E-state index contributed by atoms with van der Waals surface area (Å²) in [5.41, 5.74) is 0.896. The van der Waals surface area contributed by atoms with Crippen LogP contribution in [0.15, 0.2) is 47.4 Å². The number of ether oxygens (including phenoxy) is 1. The molecule has 1 aromatic heterocycles. The van der Waals surface area contributed by atoms with Crippen LogP contribution >= 0.6 is 11.3 Å². The van der Waals surface area contributed by atoms with Gasteiger partial charge < -0.3 is 14.5 Å². The number of hydrogen-bond acceptors (Lipinski definition) is 7. The summed E-state index contributed by atoms with van der Waals surface area (Å²) in [6, 6.07) is 10.3. The van der Waals surface area contributed by atoms with Crippen LogP contribution in [0, 0.1) is 5.82 Å². The number of anilines is 1. The highest BCUT2D eigenvalue weighted by atomic mass is 32.2. The summed E-state index contributed by atoms with van der Waals surface area (Å²) in [5.74, 6) is -0.789. The molecule has 7 nitrogen and oxygen atoms in total. The van der Waals surface area contributed by atoms with Crippen molar-refractivity contribution in [3.8, 4) is 5.75 Å². The molecule has 0 atom stereocenters. The first kappa shape index (κ1) is 21.5. The summed E-state index contributed by atoms with van der Waals surface area (Å²) in [7, 11) is -3.81. The number of benzene rings is 2. The zero-order chi connectivity index (χ0) is 22.0. The van der Waals surface area contributed by atoms with Crippen LogP contribution in [0.5, 0.6) is 5.75 Å². The molecule has 0 aliphatic carbocycles. The number of aromatic nitrogens is 1. The van der Waals surface area contributed by atoms with Crippen molar-refractivity contribution < 1.29 is 22.3 Å². The van der Waals surface area contributed by atoms with E-state index in [9.17, 15) is 17.6 Å². The van der Waals surface area contributed by atoms with E-state index in [1.54, 1.807) is 16.2 Å². The van der Waals surface area contributed by atoms with Crippen molar-refractivity contribution in [2.45, 2.75) is 11.8 Å². The molecular weight excluding hydrogens is 441 g/mol. The summed E-state index contributed by atoms with van der Waals surface area (Å²) in [5, 5.41) is 0.870. The van der Waals surface area contributed by atoms with E-state index < -0.39 is 27.3 Å². The largest absolute Gasteiger partial charge is 0.494 e. The Bertz CT molecular complexity index is 1190. The first-order chi connectivity index (χ1) is 14.9. The maximum atomic E-state index is 13.0. The zero-order valence-electron chi connectivity index (χ0n) is 17.0. The van der Waals surface area contributed by atoms with E-state index in [0.29, 0.717) is 32.8 Å². The van der Waals surface area contributed by atoms with Crippen molar-refractivity contribution >= 4 is 42.4 Å². The SMILES string of the molecule is CCOc1ccc2nc(N3CCN(C(=O)CS(=O)(=O)c4ccc(F)cc4)CC3)sc2c1. The van der Waals surface area contributed by atoms with E-state index in [4.69, 9.17) is 4.74 Å². The minimum Gasteiger partial charge on any atom is -0.494 e. The van der Waals surface area contributed by atoms with Gasteiger partial charge in [-0.3, -0.25) is 4.79 Å². The standard InChI is InChI=1S/C21H22FN3O4S2/c1-2-29-16-5-8-18-19(13-16)30-21(23-18)25-11-9-24(10-12-25)20(26)14-31(27,28)17-6-3-15(22)4-7-17/h3-8,13H,2,9-12,14H2,1H3. The van der Waals surface area contributed by atoms with Crippen LogP contribution in [0.25, 0.3) is 10.2 Å². The Morgan fingerprint density at radius 3 is 2.52 bits per heavy atom. The average Bonchev–Trinajstić information content (AvgIpc) is 3.17. The van der Waals surface area contributed by atoms with Crippen molar-refractivity contribution in [2.75, 3.05) is 43.4 Å². The van der Waals surface area contributed by atoms with E-state index in [-0.39, 0.29) is 4.90 Å². The lowest BCUT2D eigenvalue weighted by Gasteiger charge is -2.34. The van der Waals surface area contributed by atoms with Gasteiger partial charge in [-0.1, -0.05) is 11.3 Å². The van der Waals surface area contributed by atoms with Gasteiger partial charge in [-0.05, 0) is 49.4 Å². The number of piperazine rings is 1. The van der Waals surface area contributed by atoms with Gasteiger partial charge in [0.2, 0.25) is 5.91 Å². The quantitative estimate of drug-likeness (QED) is 0.523. The molecule has 1 aliphatic heterocycles. The maximum Gasteiger partial charge on any atom is 0.238 e. The first-order valence-electron chi connectivity index (χ1n) is 9.90. The number of thiazole rings is 1. The van der Waals surface area contributed by atoms with Gasteiger partial charge >= 0.3 is 0 Å². The summed E-state index contributed by atoms with van der Waals surface area (Å²) in [6.45, 7) is 4.51. The highest BCUT2D eigenvalue weighted by Crippen LogP contribution is 2.32. The number of nitrogens with zero attached hydrogens (tertiary/aromatic N) is 3. The molecule has 164 valence electrons. The second kappa shape index (κ2) is 8.80. The first-order valence-corrected chi connectivity index (χ1v) is 12.4. The topological polar surface area (TPSA) is 79.8 Å². The minimum absolute atomic E-state index is 0.0539. The Kier molecular flexibility index (Phi) is 6.10. The van der Waals surface area contributed by atoms with Gasteiger partial charge in [-0.15, -0.1) is 0 Å². The number of carbonyl (C=O) groups is 1. The lowest BCUT2D eigenvalue weighted by atomic mass is 10.3. The molecule has 3 aromatic rings. The van der Waals surface area contributed by atoms with Gasteiger partial charge in [-0.2, -0.15) is 0 Å². The molecular formula is C21H22FN3O4S2. The van der Waals surface area contributed by atoms with Gasteiger partial charge in [0.1, 0.15) is 17.3 Å². The number of rotatable bonds is 6. The highest BCUT2D eigenvalue weighted by Gasteiger charge is 2.27. The average molecular weight is 464 g/mol. The van der Waals surface area contributed by atoms with Crippen LogP contribution in [-0.4, -0.2) is 62.7 Å². The monoisotopic (exact) mass is 463 g/mol. The van der Waals surface area contributed by atoms with Crippen LogP contribution in [0.4, 0.5) is 9.52 Å². The summed E-state index contributed by atoms with van der Waals surface area (Å²) >= 11 is 1.57. The smallest absolute Gasteiger partial charge is 0.238 e. The highest BCUT2D eigenvalue weighted by molar-refractivity contribution is 7.92. The Morgan fingerprint density at radius 2 is 1.84 bits per heavy atom. The molecule has 0 saturated carbocycles. The molecule has 0 unspecified atom stereocenters. The van der Waals surface area contributed by atoms with Crippen molar-refractivity contribution in [3.05, 3.63) is 48.3 Å². The molecule has 0 radical (unpaired) electrons. The van der Waals surface area contributed by atoms with Crippen LogP contribution in [0.3, 0.4) is 0 Å². The van der Waals surface area contributed by atoms with Gasteiger partial charge in [0.25, 0.3) is 0 Å². The summed E-state index contributed by atoms with van der Waals surface area (Å²) in [4.78, 5) is 20.8. The Hall–Kier alpha value is -2.72. The number of halogens is 1. The number of sulfone groups is 1. The second-order valence-electron chi connectivity index (χ2n) is 7.14. The molecule has 0 bridgehead atoms. The van der Waals surface area contributed by atoms with Crippen molar-refractivity contribution in [1.29, 1.82) is 0 Å². The third kappa shape index (κ3) is 4.80. The molecule has 1 amide bonds. The zero-order valence-corrected chi connectivity index (χ0v) is 18.6. The van der Waals surface area contributed by atoms with Gasteiger partial charge in [-0.25, -0.2) is 17.8 Å². The molecule has 0 spiro atoms. The fraction of sp³-hybridized carbons (Fsp3) is 0.333. The van der Waals surface area contributed by atoms with Gasteiger partial charge in [0, 0.05) is 26.2 Å². The molecule has 1 aliphatic rings. The van der Waals surface area contributed by atoms with Gasteiger partial charge in [0.05, 0.1) is 21.7 Å². The number of amides is 1. The van der Waals surface area contributed by atoms with E-state index in [0.717, 1.165) is 33.2 Å². The Balaban J connectivity index is 1.38. The van der Waals surface area contributed by atoms with Crippen LogP contribution in [0.2, 0.25) is 0 Å². The van der Waals surface area contributed by atoms with Crippen molar-refractivity contribution in [3.63, 3.8) is 0 Å². The predicted molar refractivity (Wildman–Crippen MR) is 118 cm³/mol. The fourth-order valence-corrected chi connectivity index (χ4v) is 5.68. The lowest BCUT2D eigenvalue weighted by Crippen LogP contribution is -2.50. The summed E-state index contributed by atoms with van der Waals surface area (Å²) in [6.07, 6.45) is 0. The summed E-state index contributed by atoms with van der Waals surface area (Å²) < 4.78 is 44.5. The maximum absolute atomic E-state index is 13.0. The molecule has 2 heterocycles. The van der Waals surface area contributed by atoms with Crippen LogP contribution in [-0.2, 0) is 14.6 Å². The van der Waals surface area contributed by atoms with Gasteiger partial charge in [0.15, 0.2) is 15.0 Å². The molecule has 4 rings (SSSR count). The molecule has 1 saturated heterocycles. The molecule has 10 heteroatoms. The Labute approximate surface area is 184 Å². The number of carbonyl (C=O) groups excluding carboxylic acids is 1. The fourth-order valence-electron chi connectivity index (χ4n) is 3.41. The number of hydrogen-bond donors (Lipinski definition) is 0. The molecule has 0 N–H and O–H groups in total. The number of fused-ring (bicyclic) bond motifs is 1. The van der Waals surface area contributed by atoms with E-state index in [1.165, 1.54) is 12.1 Å². The van der Waals surface area contributed by atoms with Crippen molar-refractivity contribution in [1.82, 2.24) is 9.88 Å². The lowest BCUT2D eigenvalue weighted by molar-refractivity contribution is -0.128. The van der Waals surface area contributed by atoms with E-state index in [2.05, 4.69) is 9.88 Å². The van der Waals surface area contributed by atoms with E-state index >= 15 is 0 Å². The minimum atomic E-state index is -3.81. The third-order valence-electron chi connectivity index (χ3n) is 5.05. The van der Waals surface area contributed by atoms with Crippen LogP contribution < -0.4 is 9.64 Å². The third-order valence-corrected chi connectivity index (χ3v) is 7.75. The molecule has 2 aromatic carbocycles. The molecule has 31 heavy (non-hydrogen) atoms. The predicted octanol–water partition coefficient (Wildman–Crippen LogP) is 2.96. The second-order valence-corrected chi connectivity index (χ2v) is 10.1. The van der Waals surface area contributed by atoms with Crippen LogP contribution in [0.1, 0.15) is 6.92 Å².